The van der Waals surface area contributed by atoms with E-state index in [0.29, 0.717) is 24.9 Å². The molecule has 0 bridgehead atoms. The number of benzene rings is 1. The van der Waals surface area contributed by atoms with Crippen molar-refractivity contribution in [3.05, 3.63) is 47.8 Å². The summed E-state index contributed by atoms with van der Waals surface area (Å²) in [5.74, 6) is -2.18. The number of carbonyl (C=O) groups excluding carboxylic acids is 4. The Morgan fingerprint density at radius 2 is 1.70 bits per heavy atom. The number of rotatable bonds is 9. The fourth-order valence-corrected chi connectivity index (χ4v) is 4.29. The van der Waals surface area contributed by atoms with E-state index in [9.17, 15) is 23.6 Å². The Bertz CT molecular complexity index is 919. The SMILES string of the molecule is CC(C)CNC(=O)C(C)N(Cc1ccccc1F)C(=O)CCN1C(=O)[C@H]2CC=CC[C@H]2C1=O. The van der Waals surface area contributed by atoms with E-state index < -0.39 is 17.8 Å². The fourth-order valence-electron chi connectivity index (χ4n) is 4.29. The number of amides is 4. The number of nitrogens with zero attached hydrogens (tertiary/aromatic N) is 2. The van der Waals surface area contributed by atoms with E-state index >= 15 is 0 Å². The van der Waals surface area contributed by atoms with Gasteiger partial charge in [0.2, 0.25) is 23.6 Å². The first-order valence-electron chi connectivity index (χ1n) is 11.5. The highest BCUT2D eigenvalue weighted by atomic mass is 19.1. The molecule has 1 aliphatic carbocycles. The molecule has 7 nitrogen and oxygen atoms in total. The molecule has 1 aromatic carbocycles. The zero-order chi connectivity index (χ0) is 24.1. The molecule has 1 saturated heterocycles. The normalized spacial score (nSPS) is 20.7. The number of fused-ring (bicyclic) bond motifs is 1. The monoisotopic (exact) mass is 457 g/mol. The number of imide groups is 1. The zero-order valence-electron chi connectivity index (χ0n) is 19.4. The molecule has 1 fully saturated rings. The van der Waals surface area contributed by atoms with Crippen molar-refractivity contribution in [3.8, 4) is 0 Å². The van der Waals surface area contributed by atoms with Crippen LogP contribution in [-0.4, -0.2) is 52.6 Å². The lowest BCUT2D eigenvalue weighted by Crippen LogP contribution is -2.49. The van der Waals surface area contributed by atoms with Crippen LogP contribution in [0, 0.1) is 23.6 Å². The Balaban J connectivity index is 1.71. The van der Waals surface area contributed by atoms with Gasteiger partial charge in [-0.1, -0.05) is 44.2 Å². The summed E-state index contributed by atoms with van der Waals surface area (Å²) in [5, 5.41) is 2.81. The molecule has 178 valence electrons. The van der Waals surface area contributed by atoms with Crippen LogP contribution in [-0.2, 0) is 25.7 Å². The van der Waals surface area contributed by atoms with Gasteiger partial charge in [-0.15, -0.1) is 0 Å². The molecular weight excluding hydrogens is 425 g/mol. The summed E-state index contributed by atoms with van der Waals surface area (Å²) in [6.07, 6.45) is 4.77. The van der Waals surface area contributed by atoms with Gasteiger partial charge < -0.3 is 10.2 Å². The summed E-state index contributed by atoms with van der Waals surface area (Å²) < 4.78 is 14.3. The van der Waals surface area contributed by atoms with E-state index in [1.54, 1.807) is 25.1 Å². The molecule has 1 aliphatic heterocycles. The van der Waals surface area contributed by atoms with Gasteiger partial charge in [-0.05, 0) is 31.7 Å². The second kappa shape index (κ2) is 10.7. The van der Waals surface area contributed by atoms with E-state index in [0.717, 1.165) is 0 Å². The molecule has 1 aromatic rings. The molecule has 0 saturated carbocycles. The van der Waals surface area contributed by atoms with Crippen molar-refractivity contribution in [1.29, 1.82) is 0 Å². The highest BCUT2D eigenvalue weighted by Crippen LogP contribution is 2.35. The predicted molar refractivity (Wildman–Crippen MR) is 121 cm³/mol. The third kappa shape index (κ3) is 5.67. The van der Waals surface area contributed by atoms with Gasteiger partial charge in [0.15, 0.2) is 0 Å². The van der Waals surface area contributed by atoms with E-state index in [4.69, 9.17) is 0 Å². The lowest BCUT2D eigenvalue weighted by Gasteiger charge is -2.29. The van der Waals surface area contributed by atoms with E-state index in [1.165, 1.54) is 15.9 Å². The van der Waals surface area contributed by atoms with Crippen molar-refractivity contribution in [3.63, 3.8) is 0 Å². The van der Waals surface area contributed by atoms with Gasteiger partial charge in [0.25, 0.3) is 0 Å². The molecule has 4 amide bonds. The average molecular weight is 458 g/mol. The van der Waals surface area contributed by atoms with E-state index in [-0.39, 0.29) is 55.0 Å². The minimum Gasteiger partial charge on any atom is -0.354 e. The number of allylic oxidation sites excluding steroid dienone is 2. The molecular formula is C25H32FN3O4. The van der Waals surface area contributed by atoms with Crippen LogP contribution in [0.4, 0.5) is 4.39 Å². The summed E-state index contributed by atoms with van der Waals surface area (Å²) in [6, 6.07) is 5.26. The van der Waals surface area contributed by atoms with Gasteiger partial charge in [0, 0.05) is 31.6 Å². The second-order valence-corrected chi connectivity index (χ2v) is 9.16. The first-order chi connectivity index (χ1) is 15.7. The van der Waals surface area contributed by atoms with Gasteiger partial charge in [0.1, 0.15) is 11.9 Å². The second-order valence-electron chi connectivity index (χ2n) is 9.16. The Morgan fingerprint density at radius 1 is 1.09 bits per heavy atom. The van der Waals surface area contributed by atoms with E-state index in [1.807, 2.05) is 26.0 Å². The van der Waals surface area contributed by atoms with Crippen molar-refractivity contribution in [2.24, 2.45) is 17.8 Å². The summed E-state index contributed by atoms with van der Waals surface area (Å²) in [6.45, 7) is 5.85. The number of likely N-dealkylation sites (tertiary alicyclic amines) is 1. The highest BCUT2D eigenvalue weighted by molar-refractivity contribution is 6.05. The minimum absolute atomic E-state index is 0.0440. The summed E-state index contributed by atoms with van der Waals surface area (Å²) in [5.41, 5.74) is 0.291. The molecule has 1 heterocycles. The number of carbonyl (C=O) groups is 4. The first kappa shape index (κ1) is 24.6. The van der Waals surface area contributed by atoms with Crippen molar-refractivity contribution in [2.75, 3.05) is 13.1 Å². The fraction of sp³-hybridized carbons (Fsp3) is 0.520. The highest BCUT2D eigenvalue weighted by Gasteiger charge is 2.47. The maximum atomic E-state index is 14.3. The maximum Gasteiger partial charge on any atom is 0.242 e. The van der Waals surface area contributed by atoms with Crippen LogP contribution in [0.3, 0.4) is 0 Å². The Hall–Kier alpha value is -3.03. The molecule has 1 N–H and O–H groups in total. The van der Waals surface area contributed by atoms with Crippen LogP contribution < -0.4 is 5.32 Å². The van der Waals surface area contributed by atoms with Crippen LogP contribution in [0.5, 0.6) is 0 Å². The average Bonchev–Trinajstić information content (AvgIpc) is 3.04. The number of hydrogen-bond acceptors (Lipinski definition) is 4. The molecule has 1 unspecified atom stereocenters. The molecule has 8 heteroatoms. The van der Waals surface area contributed by atoms with Crippen LogP contribution >= 0.6 is 0 Å². The lowest BCUT2D eigenvalue weighted by molar-refractivity contribution is -0.143. The summed E-state index contributed by atoms with van der Waals surface area (Å²) in [4.78, 5) is 53.7. The van der Waals surface area contributed by atoms with Crippen LogP contribution in [0.15, 0.2) is 36.4 Å². The van der Waals surface area contributed by atoms with Gasteiger partial charge >= 0.3 is 0 Å². The number of halogens is 1. The molecule has 2 aliphatic rings. The van der Waals surface area contributed by atoms with E-state index in [2.05, 4.69) is 5.32 Å². The Kier molecular flexibility index (Phi) is 8.00. The molecule has 33 heavy (non-hydrogen) atoms. The molecule has 3 rings (SSSR count). The quantitative estimate of drug-likeness (QED) is 0.456. The molecule has 0 aromatic heterocycles. The van der Waals surface area contributed by atoms with Crippen LogP contribution in [0.2, 0.25) is 0 Å². The predicted octanol–water partition coefficient (Wildman–Crippen LogP) is 2.66. The van der Waals surface area contributed by atoms with Crippen molar-refractivity contribution in [1.82, 2.24) is 15.1 Å². The molecule has 3 atom stereocenters. The largest absolute Gasteiger partial charge is 0.354 e. The minimum atomic E-state index is -0.840. The molecule has 0 radical (unpaired) electrons. The van der Waals surface area contributed by atoms with Crippen LogP contribution in [0.1, 0.15) is 45.6 Å². The first-order valence-corrected chi connectivity index (χ1v) is 11.5. The van der Waals surface area contributed by atoms with Gasteiger partial charge in [-0.2, -0.15) is 0 Å². The van der Waals surface area contributed by atoms with Gasteiger partial charge in [-0.25, -0.2) is 4.39 Å². The third-order valence-electron chi connectivity index (χ3n) is 6.30. The lowest BCUT2D eigenvalue weighted by atomic mass is 9.85. The van der Waals surface area contributed by atoms with Crippen LogP contribution in [0.25, 0.3) is 0 Å². The third-order valence-corrected chi connectivity index (χ3v) is 6.30. The van der Waals surface area contributed by atoms with Gasteiger partial charge in [0.05, 0.1) is 11.8 Å². The molecule has 0 spiro atoms. The maximum absolute atomic E-state index is 14.3. The topological polar surface area (TPSA) is 86.8 Å². The van der Waals surface area contributed by atoms with Crippen molar-refractivity contribution < 1.29 is 23.6 Å². The summed E-state index contributed by atoms with van der Waals surface area (Å²) in [7, 11) is 0. The van der Waals surface area contributed by atoms with Crippen molar-refractivity contribution >= 4 is 23.6 Å². The Morgan fingerprint density at radius 3 is 2.27 bits per heavy atom. The number of hydrogen-bond donors (Lipinski definition) is 1. The Labute approximate surface area is 194 Å². The zero-order valence-corrected chi connectivity index (χ0v) is 19.4. The van der Waals surface area contributed by atoms with Crippen molar-refractivity contribution in [2.45, 2.75) is 52.6 Å². The number of nitrogens with one attached hydrogen (secondary N) is 1. The van der Waals surface area contributed by atoms with Gasteiger partial charge in [-0.3, -0.25) is 24.1 Å². The standard InChI is InChI=1S/C25H32FN3O4/c1-16(2)14-27-23(31)17(3)29(15-18-8-4-7-11-21(18)26)22(30)12-13-28-24(32)19-9-5-6-10-20(19)25(28)33/h4-8,11,16-17,19-20H,9-10,12-15H2,1-3H3,(H,27,31)/t17?,19-,20+. The smallest absolute Gasteiger partial charge is 0.242 e. The summed E-state index contributed by atoms with van der Waals surface area (Å²) >= 11 is 0.